The Hall–Kier alpha value is -0.610. The summed E-state index contributed by atoms with van der Waals surface area (Å²) in [5, 5.41) is 19.8. The topological polar surface area (TPSA) is 60.4 Å². The maximum Gasteiger partial charge on any atom is 0.108 e. The zero-order valence-electron chi connectivity index (χ0n) is 9.32. The van der Waals surface area contributed by atoms with E-state index in [0.717, 1.165) is 24.1 Å². The number of hydrogen-bond donors (Lipinski definition) is 1. The Labute approximate surface area is 85.7 Å². The van der Waals surface area contributed by atoms with E-state index in [0.29, 0.717) is 6.54 Å². The second kappa shape index (κ2) is 5.98. The van der Waals surface area contributed by atoms with E-state index in [1.165, 1.54) is 0 Å². The average Bonchev–Trinajstić information content (AvgIpc) is 2.13. The third-order valence-electron chi connectivity index (χ3n) is 3.01. The number of carbonyl (C=O) groups is 1. The number of carboxylic acids is 1. The number of aliphatic hydroxyl groups excluding tert-OH is 1. The first-order valence-corrected chi connectivity index (χ1v) is 5.22. The third-order valence-corrected chi connectivity index (χ3v) is 3.01. The molecule has 1 atom stereocenters. The fourth-order valence-electron chi connectivity index (χ4n) is 1.76. The fourth-order valence-corrected chi connectivity index (χ4v) is 1.76. The van der Waals surface area contributed by atoms with E-state index in [9.17, 15) is 15.0 Å². The monoisotopic (exact) mass is 203 g/mol. The lowest BCUT2D eigenvalue weighted by molar-refractivity contribution is -0.926. The smallest absolute Gasteiger partial charge is 0.108 e. The van der Waals surface area contributed by atoms with E-state index >= 15 is 0 Å². The van der Waals surface area contributed by atoms with Gasteiger partial charge in [-0.15, -0.1) is 0 Å². The first kappa shape index (κ1) is 13.4. The Balaban J connectivity index is 4.21. The van der Waals surface area contributed by atoms with Crippen LogP contribution in [0.1, 0.15) is 27.2 Å². The molecular formula is C10H21NO3. The van der Waals surface area contributed by atoms with Crippen LogP contribution in [0.15, 0.2) is 0 Å². The van der Waals surface area contributed by atoms with Crippen molar-refractivity contribution in [1.82, 2.24) is 0 Å². The molecule has 0 aliphatic carbocycles. The molecule has 0 rings (SSSR count). The van der Waals surface area contributed by atoms with E-state index in [4.69, 9.17) is 0 Å². The Morgan fingerprint density at radius 2 is 1.71 bits per heavy atom. The summed E-state index contributed by atoms with van der Waals surface area (Å²) in [6.07, 6.45) is -1.06. The van der Waals surface area contributed by atoms with Crippen molar-refractivity contribution in [1.29, 1.82) is 0 Å². The van der Waals surface area contributed by atoms with Gasteiger partial charge in [0.15, 0.2) is 0 Å². The molecule has 0 aliphatic rings. The van der Waals surface area contributed by atoms with Crippen LogP contribution in [0.3, 0.4) is 0 Å². The van der Waals surface area contributed by atoms with Crippen molar-refractivity contribution in [2.24, 2.45) is 0 Å². The highest BCUT2D eigenvalue weighted by Gasteiger charge is 2.24. The maximum absolute atomic E-state index is 10.3. The number of quaternary nitrogens is 1. The van der Waals surface area contributed by atoms with Gasteiger partial charge in [-0.3, -0.25) is 0 Å². The number of rotatable bonds is 7. The van der Waals surface area contributed by atoms with E-state index < -0.39 is 12.1 Å². The SMILES string of the molecule is CC[N+](CC)(CC)CC(O)CC(=O)[O-]. The minimum atomic E-state index is -1.18. The summed E-state index contributed by atoms with van der Waals surface area (Å²) in [7, 11) is 0. The van der Waals surface area contributed by atoms with Gasteiger partial charge in [-0.05, 0) is 20.8 Å². The highest BCUT2D eigenvalue weighted by Crippen LogP contribution is 2.08. The average molecular weight is 203 g/mol. The van der Waals surface area contributed by atoms with Gasteiger partial charge in [-0.1, -0.05) is 0 Å². The van der Waals surface area contributed by atoms with Gasteiger partial charge in [0.2, 0.25) is 0 Å². The van der Waals surface area contributed by atoms with Crippen molar-refractivity contribution in [3.8, 4) is 0 Å². The number of aliphatic carboxylic acids is 1. The summed E-state index contributed by atoms with van der Waals surface area (Å²) in [4.78, 5) is 10.3. The highest BCUT2D eigenvalue weighted by molar-refractivity contribution is 5.64. The molecule has 1 unspecified atom stereocenters. The Morgan fingerprint density at radius 1 is 1.29 bits per heavy atom. The van der Waals surface area contributed by atoms with Crippen LogP contribution in [0.5, 0.6) is 0 Å². The molecule has 0 radical (unpaired) electrons. The summed E-state index contributed by atoms with van der Waals surface area (Å²) in [6, 6.07) is 0. The van der Waals surface area contributed by atoms with Gasteiger partial charge in [0, 0.05) is 12.4 Å². The van der Waals surface area contributed by atoms with Crippen LogP contribution < -0.4 is 5.11 Å². The molecule has 0 aromatic rings. The van der Waals surface area contributed by atoms with Gasteiger partial charge in [0.25, 0.3) is 0 Å². The van der Waals surface area contributed by atoms with Crippen LogP contribution in [0, 0.1) is 0 Å². The molecule has 14 heavy (non-hydrogen) atoms. The molecule has 0 fully saturated rings. The molecule has 0 bridgehead atoms. The molecule has 4 nitrogen and oxygen atoms in total. The molecule has 0 saturated heterocycles. The molecular weight excluding hydrogens is 182 g/mol. The molecule has 84 valence electrons. The zero-order valence-corrected chi connectivity index (χ0v) is 9.32. The highest BCUT2D eigenvalue weighted by atomic mass is 16.4. The van der Waals surface area contributed by atoms with E-state index in [1.54, 1.807) is 0 Å². The second-order valence-corrected chi connectivity index (χ2v) is 3.70. The molecule has 0 amide bonds. The van der Waals surface area contributed by atoms with Crippen molar-refractivity contribution >= 4 is 5.97 Å². The van der Waals surface area contributed by atoms with Crippen molar-refractivity contribution < 1.29 is 19.5 Å². The number of carbonyl (C=O) groups excluding carboxylic acids is 1. The summed E-state index contributed by atoms with van der Waals surface area (Å²) >= 11 is 0. The van der Waals surface area contributed by atoms with Crippen molar-refractivity contribution in [2.75, 3.05) is 26.2 Å². The lowest BCUT2D eigenvalue weighted by Gasteiger charge is -2.37. The molecule has 4 heteroatoms. The van der Waals surface area contributed by atoms with Gasteiger partial charge in [-0.25, -0.2) is 0 Å². The first-order chi connectivity index (χ1) is 6.49. The van der Waals surface area contributed by atoms with Crippen molar-refractivity contribution in [2.45, 2.75) is 33.3 Å². The maximum atomic E-state index is 10.3. The predicted molar refractivity (Wildman–Crippen MR) is 52.4 cm³/mol. The fraction of sp³-hybridized carbons (Fsp3) is 0.900. The Kier molecular flexibility index (Phi) is 5.72. The molecule has 0 aromatic carbocycles. The molecule has 0 spiro atoms. The Bertz CT molecular complexity index is 170. The van der Waals surface area contributed by atoms with Crippen LogP contribution in [-0.2, 0) is 4.79 Å². The predicted octanol–water partition coefficient (Wildman–Crippen LogP) is -0.636. The third kappa shape index (κ3) is 4.07. The number of likely N-dealkylation sites (N-methyl/N-ethyl adjacent to an activating group) is 1. The van der Waals surface area contributed by atoms with Crippen LogP contribution in [-0.4, -0.2) is 47.8 Å². The molecule has 0 aliphatic heterocycles. The normalized spacial score (nSPS) is 14.0. The van der Waals surface area contributed by atoms with Gasteiger partial charge in [0.05, 0.1) is 19.6 Å². The van der Waals surface area contributed by atoms with Gasteiger partial charge in [-0.2, -0.15) is 0 Å². The summed E-state index contributed by atoms with van der Waals surface area (Å²) in [5.74, 6) is -1.18. The molecule has 0 saturated carbocycles. The Morgan fingerprint density at radius 3 is 2.00 bits per heavy atom. The first-order valence-electron chi connectivity index (χ1n) is 5.22. The van der Waals surface area contributed by atoms with Crippen LogP contribution >= 0.6 is 0 Å². The molecule has 1 N–H and O–H groups in total. The van der Waals surface area contributed by atoms with Gasteiger partial charge >= 0.3 is 0 Å². The zero-order chi connectivity index (χ0) is 11.2. The van der Waals surface area contributed by atoms with E-state index in [-0.39, 0.29) is 6.42 Å². The minimum absolute atomic E-state index is 0.264. The molecule has 0 aromatic heterocycles. The quantitative estimate of drug-likeness (QED) is 0.560. The summed E-state index contributed by atoms with van der Waals surface area (Å²) in [5.41, 5.74) is 0. The summed E-state index contributed by atoms with van der Waals surface area (Å²) in [6.45, 7) is 9.40. The van der Waals surface area contributed by atoms with Crippen LogP contribution in [0.2, 0.25) is 0 Å². The van der Waals surface area contributed by atoms with Crippen LogP contribution in [0.25, 0.3) is 0 Å². The van der Waals surface area contributed by atoms with E-state index in [1.807, 2.05) is 0 Å². The minimum Gasteiger partial charge on any atom is -0.550 e. The second-order valence-electron chi connectivity index (χ2n) is 3.70. The number of aliphatic hydroxyl groups is 1. The largest absolute Gasteiger partial charge is 0.550 e. The number of nitrogens with zero attached hydrogens (tertiary/aromatic N) is 1. The lowest BCUT2D eigenvalue weighted by atomic mass is 10.2. The van der Waals surface area contributed by atoms with Crippen molar-refractivity contribution in [3.05, 3.63) is 0 Å². The number of carboxylic acid groups (broad SMARTS) is 1. The molecule has 0 heterocycles. The van der Waals surface area contributed by atoms with Crippen molar-refractivity contribution in [3.63, 3.8) is 0 Å². The van der Waals surface area contributed by atoms with E-state index in [2.05, 4.69) is 20.8 Å². The van der Waals surface area contributed by atoms with Gasteiger partial charge in [0.1, 0.15) is 12.6 Å². The number of hydrogen-bond acceptors (Lipinski definition) is 3. The standard InChI is InChI=1S/C10H21NO3/c1-4-11(5-2,6-3)8-9(12)7-10(13)14/h9,12H,4-8H2,1-3H3. The van der Waals surface area contributed by atoms with Crippen LogP contribution in [0.4, 0.5) is 0 Å². The lowest BCUT2D eigenvalue weighted by Crippen LogP contribution is -2.52. The van der Waals surface area contributed by atoms with Gasteiger partial charge < -0.3 is 19.5 Å². The summed E-state index contributed by atoms with van der Waals surface area (Å²) < 4.78 is 0.758.